The Labute approximate surface area is 934 Å². The molecule has 2 unspecified atom stereocenters. The number of amides is 2. The molecule has 7 heterocycles. The van der Waals surface area contributed by atoms with Crippen LogP contribution in [-0.2, 0) is 56.4 Å². The molecule has 28 nitrogen and oxygen atoms in total. The van der Waals surface area contributed by atoms with E-state index in [0.717, 1.165) is 110 Å². The van der Waals surface area contributed by atoms with E-state index in [-0.39, 0.29) is 124 Å². The number of aliphatic hydroxyl groups is 2. The Morgan fingerprint density at radius 3 is 1.12 bits per heavy atom. The average Bonchev–Trinajstić information content (AvgIpc) is 1.72. The fourth-order valence-corrected chi connectivity index (χ4v) is 12.6. The van der Waals surface area contributed by atoms with Gasteiger partial charge in [0.15, 0.2) is 0 Å². The van der Waals surface area contributed by atoms with Gasteiger partial charge in [0.2, 0.25) is 0 Å². The minimum Gasteiger partial charge on any atom is -1.00 e. The molecule has 747 valence electrons. The number of nitrogens with two attached hydrogens (primary N) is 1. The Morgan fingerprint density at radius 1 is 0.531 bits per heavy atom. The number of pyridine rings is 6. The van der Waals surface area contributed by atoms with Crippen LogP contribution < -0.4 is 136 Å². The number of carbonyl (C=O) groups is 3. The molecule has 4 atom stereocenters. The first-order valence-electron chi connectivity index (χ1n) is 45.3. The molecule has 3 radical (unpaired) electrons. The molecule has 2 amide bonds. The van der Waals surface area contributed by atoms with Crippen LogP contribution in [0.5, 0.6) is 11.5 Å². The van der Waals surface area contributed by atoms with E-state index in [4.69, 9.17) is 66.6 Å². The predicted octanol–water partition coefficient (Wildman–Crippen LogP) is 8.86. The van der Waals surface area contributed by atoms with Gasteiger partial charge in [-0.2, -0.15) is 0 Å². The third-order valence-corrected chi connectivity index (χ3v) is 19.7. The molecule has 14 aromatic rings. The van der Waals surface area contributed by atoms with Crippen molar-refractivity contribution < 1.29 is 159 Å². The van der Waals surface area contributed by atoms with Crippen LogP contribution in [0.4, 0.5) is 9.59 Å². The molecule has 1 fully saturated rings. The van der Waals surface area contributed by atoms with Crippen molar-refractivity contribution in [2.75, 3.05) is 55.1 Å². The number of ether oxygens (including phenoxy) is 5. The van der Waals surface area contributed by atoms with Crippen molar-refractivity contribution in [3.05, 3.63) is 397 Å². The fourth-order valence-electron chi connectivity index (χ4n) is 12.3. The van der Waals surface area contributed by atoms with E-state index in [1.165, 1.54) is 22.3 Å². The van der Waals surface area contributed by atoms with E-state index in [1.54, 1.807) is 103 Å². The van der Waals surface area contributed by atoms with Gasteiger partial charge in [-0.1, -0.05) is 220 Å². The molecule has 0 spiro atoms. The van der Waals surface area contributed by atoms with Gasteiger partial charge in [0.1, 0.15) is 27.3 Å². The largest absolute Gasteiger partial charge is 1.00 e. The first-order valence-corrected chi connectivity index (χ1v) is 46.1. The summed E-state index contributed by atoms with van der Waals surface area (Å²) in [5, 5.41) is 58.6. The first kappa shape index (κ1) is 134. The molecule has 145 heavy (non-hydrogen) atoms. The summed E-state index contributed by atoms with van der Waals surface area (Å²) in [6.45, 7) is 25.0. The van der Waals surface area contributed by atoms with Gasteiger partial charge in [-0.25, -0.2) is 25.4 Å². The van der Waals surface area contributed by atoms with Crippen molar-refractivity contribution in [3.8, 4) is 67.8 Å². The minimum atomic E-state index is -1.40. The van der Waals surface area contributed by atoms with Crippen LogP contribution >= 0.6 is 15.9 Å². The fraction of sp³-hybridized carbons (Fsp3) is 0.252. The van der Waals surface area contributed by atoms with Crippen molar-refractivity contribution in [2.45, 2.75) is 118 Å². The van der Waals surface area contributed by atoms with Crippen molar-refractivity contribution >= 4 is 61.8 Å². The summed E-state index contributed by atoms with van der Waals surface area (Å²) < 4.78 is 26.2. The molecule has 1 aliphatic rings. The topological polar surface area (TPSA) is 405 Å². The number of carbonyl (C=O) groups excluding carboxylic acids is 3. The van der Waals surface area contributed by atoms with Gasteiger partial charge in [-0.3, -0.25) is 45.6 Å². The average molecular weight is 2060 g/mol. The maximum Gasteiger partial charge on any atom is 1.00 e. The molecule has 1 aliphatic heterocycles. The number of nitrogens with zero attached hydrogens (tertiary/aromatic N) is 9. The number of hydrogen-bond acceptors (Lipinski definition) is 26. The van der Waals surface area contributed by atoms with Crippen molar-refractivity contribution in [2.24, 2.45) is 22.7 Å². The Morgan fingerprint density at radius 2 is 0.848 bits per heavy atom. The zero-order chi connectivity index (χ0) is 103. The number of methoxy groups -OCH3 is 2. The minimum absolute atomic E-state index is 0. The molecular formula is C111H133B2BrN14Na3O14. The SMILES string of the molecule is Brc1ccccn1.CC(C)(C)OC(=O)NN.CC(Cc1ccccc1)[C@@H](O)CN(Cc1ccc(-c2ccccn2)cc1)NC(=O)OC(C)(C)C.CC(Cc1ccccc1)[C@@H]1CO1.CCO.CN=Cc1ccc(-c2ccccn2)cc1.CNCc1ccc(-c2ccccn2)cc1.CNCc1ccc(-c2ccccn2)cc1.COc1ccc(-c2ccccn2)cc1.COc1ccc(B(O)O)cc1.O=CO[O-].[B].[C-]#N.[H-].[Na+].[Na+].[Na+]. The summed E-state index contributed by atoms with van der Waals surface area (Å²) in [5.41, 5.74) is 21.8. The smallest absolute Gasteiger partial charge is 1.00 e. The van der Waals surface area contributed by atoms with Crippen LogP contribution in [0.15, 0.2) is 362 Å². The van der Waals surface area contributed by atoms with E-state index in [2.05, 4.69) is 182 Å². The van der Waals surface area contributed by atoms with Crippen LogP contribution in [0.1, 0.15) is 97.1 Å². The van der Waals surface area contributed by atoms with E-state index < -0.39 is 36.6 Å². The van der Waals surface area contributed by atoms with Crippen LogP contribution in [0, 0.1) is 23.7 Å². The summed E-state index contributed by atoms with van der Waals surface area (Å²) in [4.78, 5) is 63.5. The zero-order valence-electron chi connectivity index (χ0n) is 87.1. The molecule has 10 N–H and O–H groups in total. The second kappa shape index (κ2) is 79.9. The summed E-state index contributed by atoms with van der Waals surface area (Å²) in [6.07, 6.45) is 13.2. The van der Waals surface area contributed by atoms with Gasteiger partial charge >= 0.3 is 108 Å². The number of aromatic nitrogens is 6. The van der Waals surface area contributed by atoms with Crippen LogP contribution in [0.2, 0.25) is 0 Å². The van der Waals surface area contributed by atoms with Crippen LogP contribution in [0.3, 0.4) is 0 Å². The monoisotopic (exact) mass is 2060 g/mol. The number of nitrogens with one attached hydrogen (secondary N) is 4. The molecule has 8 aromatic carbocycles. The normalized spacial score (nSPS) is 11.3. The summed E-state index contributed by atoms with van der Waals surface area (Å²) in [5.74, 6) is 7.01. The van der Waals surface area contributed by atoms with Gasteiger partial charge in [0.25, 0.3) is 6.47 Å². The van der Waals surface area contributed by atoms with E-state index in [1.807, 2.05) is 254 Å². The second-order valence-electron chi connectivity index (χ2n) is 32.7. The first-order chi connectivity index (χ1) is 68.1. The number of epoxide rings is 1. The Kier molecular flexibility index (Phi) is 73.6. The van der Waals surface area contributed by atoms with E-state index >= 15 is 0 Å². The van der Waals surface area contributed by atoms with Crippen LogP contribution in [-0.4, -0.2) is 174 Å². The van der Waals surface area contributed by atoms with Gasteiger partial charge in [0, 0.05) is 119 Å². The molecule has 0 saturated carbocycles. The zero-order valence-corrected chi connectivity index (χ0v) is 93.7. The molecule has 34 heteroatoms. The van der Waals surface area contributed by atoms with E-state index in [9.17, 15) is 14.7 Å². The number of halogens is 1. The van der Waals surface area contributed by atoms with Crippen molar-refractivity contribution in [1.29, 1.82) is 5.26 Å². The van der Waals surface area contributed by atoms with E-state index in [0.29, 0.717) is 29.8 Å². The standard InChI is InChI=1S/C28H35N3O3.2C13H14N2.C13H12N2.C12H11NO.C11H14O.C7H9BO3.C5H4BrN.C5H12N2O2.C2H6O.CN.CH2O3.B.3Na.H/c1-21(18-22-10-6-5-7-11-22)26(32)20-31(30-27(33)34-28(2,3)4)19-23-13-15-24(16-14-23)25-12-8-9-17-29-25;3*1-14-10-11-5-7-12(8-6-11)13-4-2-3-9-15-13;1-14-11-7-5-10(6-8-11)12-4-2-3-9-13-12;1-9(11-8-12-11)7-10-5-3-2-4-6-10;1-11-7-4-2-6(3-5-7)8(9)10;6-5-3-1-2-4-7-5;1-5(2,3)9-4(8)7-6;1-2-3;1-2;2-1-4-3;;;;;/h5-17,21,26,32H,18-20H2,1-4H3,(H,30,33);2*2-9,14H,10H2,1H3;2-10H,1H3;2-9H,1H3;2-6,9,11H,7-8H2,1H3;2-5,9-10H,1H3;1-4H;6H2,1-3H3,(H,7,8);3H,2H2,1H3;;1,3H;;;;;/q;;;;;;;;;;-1;;;3*+1;-1/p-1/t21?,26-;;;;;9?,11-;;;;;;;;;;;/m0....0.........../s1. The Balaban J connectivity index is 0. The molecule has 0 bridgehead atoms. The number of rotatable bonds is 25. The maximum atomic E-state index is 12.5. The maximum absolute atomic E-state index is 12.5. The van der Waals surface area contributed by atoms with Crippen molar-refractivity contribution in [3.63, 3.8) is 0 Å². The molecule has 0 aliphatic carbocycles. The number of aliphatic imine (C=N–C) groups is 1. The number of aliphatic hydroxyl groups excluding tert-OH is 2. The summed E-state index contributed by atoms with van der Waals surface area (Å²) >= 11 is 3.20. The van der Waals surface area contributed by atoms with Gasteiger partial charge in [-0.05, 0) is 251 Å². The molecular weight excluding hydrogens is 1920 g/mol. The number of hydrazine groups is 2. The van der Waals surface area contributed by atoms with Crippen LogP contribution in [0.25, 0.3) is 56.3 Å². The van der Waals surface area contributed by atoms with Crippen molar-refractivity contribution in [1.82, 2.24) is 56.4 Å². The number of benzene rings is 8. The van der Waals surface area contributed by atoms with Gasteiger partial charge < -0.3 is 78.0 Å². The third kappa shape index (κ3) is 60.4. The Hall–Kier alpha value is -11.4. The van der Waals surface area contributed by atoms with Gasteiger partial charge in [-0.15, -0.1) is 0 Å². The molecule has 1 saturated heterocycles. The molecule has 6 aromatic heterocycles. The quantitative estimate of drug-likeness (QED) is 0.00246. The summed E-state index contributed by atoms with van der Waals surface area (Å²) in [7, 11) is 7.49. The predicted molar refractivity (Wildman–Crippen MR) is 568 cm³/mol. The Bertz CT molecular complexity index is 5570. The van der Waals surface area contributed by atoms with Gasteiger partial charge in [0.05, 0.1) is 61.5 Å². The summed E-state index contributed by atoms with van der Waals surface area (Å²) in [6, 6.07) is 103. The third-order valence-electron chi connectivity index (χ3n) is 19.2. The number of hydrogen-bond donors (Lipinski definition) is 9. The molecule has 15 rings (SSSR count). The second-order valence-corrected chi connectivity index (χ2v) is 33.5.